The molecular formula is C16H14ClFO3. The van der Waals surface area contributed by atoms with Gasteiger partial charge in [-0.25, -0.2) is 4.39 Å². The lowest BCUT2D eigenvalue weighted by Gasteiger charge is -2.12. The zero-order valence-corrected chi connectivity index (χ0v) is 12.4. The first kappa shape index (κ1) is 15.3. The lowest BCUT2D eigenvalue weighted by molar-refractivity contribution is 0.101. The summed E-state index contributed by atoms with van der Waals surface area (Å²) in [4.78, 5) is 11.3. The minimum absolute atomic E-state index is 0.0508. The summed E-state index contributed by atoms with van der Waals surface area (Å²) >= 11 is 5.72. The summed E-state index contributed by atoms with van der Waals surface area (Å²) in [5.74, 6) is 0.452. The van der Waals surface area contributed by atoms with E-state index in [4.69, 9.17) is 21.1 Å². The molecular weight excluding hydrogens is 295 g/mol. The average molecular weight is 309 g/mol. The fourth-order valence-corrected chi connectivity index (χ4v) is 2.00. The molecule has 0 aliphatic rings. The summed E-state index contributed by atoms with van der Waals surface area (Å²) in [5, 5.41) is 0.0509. The fourth-order valence-electron chi connectivity index (χ4n) is 1.80. The van der Waals surface area contributed by atoms with Gasteiger partial charge < -0.3 is 9.47 Å². The molecule has 21 heavy (non-hydrogen) atoms. The number of methoxy groups -OCH3 is 1. The molecule has 3 nitrogen and oxygen atoms in total. The molecule has 0 heterocycles. The third-order valence-corrected chi connectivity index (χ3v) is 3.24. The summed E-state index contributed by atoms with van der Waals surface area (Å²) in [6, 6.07) is 9.34. The van der Waals surface area contributed by atoms with Crippen LogP contribution >= 0.6 is 11.6 Å². The molecule has 0 bridgehead atoms. The van der Waals surface area contributed by atoms with Crippen LogP contribution in [-0.2, 0) is 6.61 Å². The van der Waals surface area contributed by atoms with Gasteiger partial charge in [-0.2, -0.15) is 0 Å². The van der Waals surface area contributed by atoms with Gasteiger partial charge in [0.05, 0.1) is 12.1 Å². The first-order valence-electron chi connectivity index (χ1n) is 6.27. The van der Waals surface area contributed by atoms with Crippen LogP contribution in [0.3, 0.4) is 0 Å². The number of halogens is 2. The monoisotopic (exact) mass is 308 g/mol. The van der Waals surface area contributed by atoms with E-state index in [1.807, 2.05) is 0 Å². The first-order valence-corrected chi connectivity index (χ1v) is 6.64. The molecule has 0 spiro atoms. The molecule has 0 amide bonds. The molecule has 2 rings (SSSR count). The van der Waals surface area contributed by atoms with Crippen molar-refractivity contribution in [2.24, 2.45) is 0 Å². The molecule has 110 valence electrons. The van der Waals surface area contributed by atoms with Crippen molar-refractivity contribution in [3.8, 4) is 11.5 Å². The first-order chi connectivity index (χ1) is 10.0. The predicted octanol–water partition coefficient (Wildman–Crippen LogP) is 4.27. The maximum absolute atomic E-state index is 13.1. The van der Waals surface area contributed by atoms with Crippen molar-refractivity contribution in [1.82, 2.24) is 0 Å². The Morgan fingerprint density at radius 2 is 1.95 bits per heavy atom. The highest BCUT2D eigenvalue weighted by Crippen LogP contribution is 2.29. The average Bonchev–Trinajstić information content (AvgIpc) is 2.48. The van der Waals surface area contributed by atoms with Crippen LogP contribution in [0.1, 0.15) is 22.8 Å². The SMILES string of the molecule is COc1cc(C(C)=O)ccc1OCc1ccc(F)c(Cl)c1. The minimum atomic E-state index is -0.469. The zero-order valence-electron chi connectivity index (χ0n) is 11.7. The van der Waals surface area contributed by atoms with E-state index in [1.165, 1.54) is 26.2 Å². The Balaban J connectivity index is 2.15. The summed E-state index contributed by atoms with van der Waals surface area (Å²) in [7, 11) is 1.50. The molecule has 0 unspecified atom stereocenters. The van der Waals surface area contributed by atoms with E-state index in [9.17, 15) is 9.18 Å². The number of rotatable bonds is 5. The molecule has 0 fully saturated rings. The number of hydrogen-bond acceptors (Lipinski definition) is 3. The Kier molecular flexibility index (Phi) is 4.81. The number of benzene rings is 2. The highest BCUT2D eigenvalue weighted by atomic mass is 35.5. The number of ether oxygens (including phenoxy) is 2. The Bertz CT molecular complexity index is 671. The molecule has 0 aliphatic carbocycles. The van der Waals surface area contributed by atoms with Gasteiger partial charge in [-0.05, 0) is 42.8 Å². The fraction of sp³-hybridized carbons (Fsp3) is 0.188. The van der Waals surface area contributed by atoms with Gasteiger partial charge in [-0.3, -0.25) is 4.79 Å². The quantitative estimate of drug-likeness (QED) is 0.774. The molecule has 2 aromatic carbocycles. The lowest BCUT2D eigenvalue weighted by Crippen LogP contribution is -2.00. The van der Waals surface area contributed by atoms with Crippen molar-refractivity contribution < 1.29 is 18.7 Å². The van der Waals surface area contributed by atoms with Gasteiger partial charge >= 0.3 is 0 Å². The van der Waals surface area contributed by atoms with Crippen LogP contribution in [0.2, 0.25) is 5.02 Å². The van der Waals surface area contributed by atoms with Crippen LogP contribution in [0.4, 0.5) is 4.39 Å². The predicted molar refractivity (Wildman–Crippen MR) is 78.7 cm³/mol. The summed E-state index contributed by atoms with van der Waals surface area (Å²) in [5.41, 5.74) is 1.28. The Morgan fingerprint density at radius 3 is 2.57 bits per heavy atom. The zero-order chi connectivity index (χ0) is 15.4. The summed E-state index contributed by atoms with van der Waals surface area (Å²) in [6.07, 6.45) is 0. The highest BCUT2D eigenvalue weighted by molar-refractivity contribution is 6.30. The Morgan fingerprint density at radius 1 is 1.19 bits per heavy atom. The number of Topliss-reactive ketones (excluding diaryl/α,β-unsaturated/α-hetero) is 1. The van der Waals surface area contributed by atoms with Gasteiger partial charge in [-0.15, -0.1) is 0 Å². The molecule has 0 radical (unpaired) electrons. The Hall–Kier alpha value is -2.07. The second kappa shape index (κ2) is 6.59. The van der Waals surface area contributed by atoms with Crippen molar-refractivity contribution in [3.63, 3.8) is 0 Å². The molecule has 0 atom stereocenters. The van der Waals surface area contributed by atoms with Crippen molar-refractivity contribution in [2.75, 3.05) is 7.11 Å². The lowest BCUT2D eigenvalue weighted by atomic mass is 10.1. The van der Waals surface area contributed by atoms with Gasteiger partial charge in [0.15, 0.2) is 17.3 Å². The normalized spacial score (nSPS) is 10.3. The third kappa shape index (κ3) is 3.73. The summed E-state index contributed by atoms with van der Waals surface area (Å²) < 4.78 is 23.9. The van der Waals surface area contributed by atoms with Crippen LogP contribution in [0, 0.1) is 5.82 Å². The van der Waals surface area contributed by atoms with E-state index >= 15 is 0 Å². The molecule has 2 aromatic rings. The molecule has 0 aliphatic heterocycles. The second-order valence-corrected chi connectivity index (χ2v) is 4.87. The van der Waals surface area contributed by atoms with Gasteiger partial charge in [0.2, 0.25) is 0 Å². The van der Waals surface area contributed by atoms with Crippen LogP contribution in [0.15, 0.2) is 36.4 Å². The molecule has 5 heteroatoms. The smallest absolute Gasteiger partial charge is 0.161 e. The molecule has 0 N–H and O–H groups in total. The number of carbonyl (C=O) groups excluding carboxylic acids is 1. The van der Waals surface area contributed by atoms with E-state index in [2.05, 4.69) is 0 Å². The maximum Gasteiger partial charge on any atom is 0.161 e. The van der Waals surface area contributed by atoms with Crippen molar-refractivity contribution in [2.45, 2.75) is 13.5 Å². The van der Waals surface area contributed by atoms with Crippen LogP contribution in [-0.4, -0.2) is 12.9 Å². The third-order valence-electron chi connectivity index (χ3n) is 2.95. The maximum atomic E-state index is 13.1. The number of carbonyl (C=O) groups is 1. The van der Waals surface area contributed by atoms with E-state index in [1.54, 1.807) is 24.3 Å². The van der Waals surface area contributed by atoms with Crippen molar-refractivity contribution >= 4 is 17.4 Å². The summed E-state index contributed by atoms with van der Waals surface area (Å²) in [6.45, 7) is 1.70. The topological polar surface area (TPSA) is 35.5 Å². The standard InChI is InChI=1S/C16H14ClFO3/c1-10(19)12-4-6-15(16(8-12)20-2)21-9-11-3-5-14(18)13(17)7-11/h3-8H,9H2,1-2H3. The van der Waals surface area contributed by atoms with E-state index in [0.717, 1.165) is 5.56 Å². The van der Waals surface area contributed by atoms with Crippen molar-refractivity contribution in [1.29, 1.82) is 0 Å². The molecule has 0 aromatic heterocycles. The van der Waals surface area contributed by atoms with Gasteiger partial charge in [0, 0.05) is 5.56 Å². The second-order valence-electron chi connectivity index (χ2n) is 4.46. The molecule has 0 saturated heterocycles. The van der Waals surface area contributed by atoms with E-state index in [0.29, 0.717) is 17.1 Å². The Labute approximate surface area is 127 Å². The van der Waals surface area contributed by atoms with E-state index < -0.39 is 5.82 Å². The van der Waals surface area contributed by atoms with E-state index in [-0.39, 0.29) is 17.4 Å². The van der Waals surface area contributed by atoms with Crippen LogP contribution in [0.25, 0.3) is 0 Å². The van der Waals surface area contributed by atoms with Crippen LogP contribution in [0.5, 0.6) is 11.5 Å². The van der Waals surface area contributed by atoms with Gasteiger partial charge in [-0.1, -0.05) is 17.7 Å². The van der Waals surface area contributed by atoms with Gasteiger partial charge in [0.1, 0.15) is 12.4 Å². The molecule has 0 saturated carbocycles. The van der Waals surface area contributed by atoms with Gasteiger partial charge in [0.25, 0.3) is 0 Å². The van der Waals surface area contributed by atoms with Crippen molar-refractivity contribution in [3.05, 3.63) is 58.4 Å². The number of hydrogen-bond donors (Lipinski definition) is 0. The van der Waals surface area contributed by atoms with Crippen LogP contribution < -0.4 is 9.47 Å². The highest BCUT2D eigenvalue weighted by Gasteiger charge is 2.09. The minimum Gasteiger partial charge on any atom is -0.493 e. The number of ketones is 1. The largest absolute Gasteiger partial charge is 0.493 e.